The van der Waals surface area contributed by atoms with Crippen LogP contribution in [0.15, 0.2) is 36.4 Å². The standard InChI is InChI=1S/C18H22FNO/c1-12-9-13(2)18(17(10-12)21-4)16(20-3)11-14-7-5-6-8-15(14)19/h5-10,16,20H,11H2,1-4H3. The van der Waals surface area contributed by atoms with Gasteiger partial charge in [-0.05, 0) is 56.1 Å². The van der Waals surface area contributed by atoms with Crippen molar-refractivity contribution in [1.29, 1.82) is 0 Å². The number of hydrogen-bond acceptors (Lipinski definition) is 2. The van der Waals surface area contributed by atoms with Crippen LogP contribution in [0.2, 0.25) is 0 Å². The summed E-state index contributed by atoms with van der Waals surface area (Å²) in [6.45, 7) is 4.11. The van der Waals surface area contributed by atoms with Gasteiger partial charge in [0.2, 0.25) is 0 Å². The molecule has 1 N–H and O–H groups in total. The molecule has 0 radical (unpaired) electrons. The molecule has 0 saturated carbocycles. The number of likely N-dealkylation sites (N-methyl/N-ethyl adjacent to an activating group) is 1. The molecule has 0 spiro atoms. The second kappa shape index (κ2) is 6.72. The number of benzene rings is 2. The molecule has 0 aliphatic heterocycles. The minimum Gasteiger partial charge on any atom is -0.496 e. The summed E-state index contributed by atoms with van der Waals surface area (Å²) in [5.41, 5.74) is 4.11. The number of halogens is 1. The molecule has 0 amide bonds. The first-order chi connectivity index (χ1) is 10.1. The van der Waals surface area contributed by atoms with Crippen molar-refractivity contribution in [2.24, 2.45) is 0 Å². The lowest BCUT2D eigenvalue weighted by Gasteiger charge is -2.22. The molecule has 0 bridgehead atoms. The lowest BCUT2D eigenvalue weighted by molar-refractivity contribution is 0.399. The molecule has 0 aliphatic rings. The first kappa shape index (κ1) is 15.5. The number of ether oxygens (including phenoxy) is 1. The normalized spacial score (nSPS) is 12.2. The number of methoxy groups -OCH3 is 1. The molecule has 2 rings (SSSR count). The van der Waals surface area contributed by atoms with Gasteiger partial charge in [-0.1, -0.05) is 24.3 Å². The minimum atomic E-state index is -0.165. The molecular weight excluding hydrogens is 265 g/mol. The number of nitrogens with one attached hydrogen (secondary N) is 1. The summed E-state index contributed by atoms with van der Waals surface area (Å²) in [4.78, 5) is 0. The van der Waals surface area contributed by atoms with Gasteiger partial charge in [-0.3, -0.25) is 0 Å². The Hall–Kier alpha value is -1.87. The molecule has 2 nitrogen and oxygen atoms in total. The molecule has 0 fully saturated rings. The van der Waals surface area contributed by atoms with Crippen LogP contribution >= 0.6 is 0 Å². The summed E-state index contributed by atoms with van der Waals surface area (Å²) in [6, 6.07) is 11.1. The predicted molar refractivity (Wildman–Crippen MR) is 84.4 cm³/mol. The SMILES string of the molecule is CNC(Cc1ccccc1F)c1c(C)cc(C)cc1OC. The van der Waals surface area contributed by atoms with Crippen molar-refractivity contribution in [2.45, 2.75) is 26.3 Å². The Bertz CT molecular complexity index is 625. The fourth-order valence-corrected chi connectivity index (χ4v) is 2.79. The van der Waals surface area contributed by atoms with Gasteiger partial charge in [0, 0.05) is 11.6 Å². The molecule has 21 heavy (non-hydrogen) atoms. The third-order valence-electron chi connectivity index (χ3n) is 3.79. The van der Waals surface area contributed by atoms with Gasteiger partial charge in [-0.15, -0.1) is 0 Å². The van der Waals surface area contributed by atoms with Gasteiger partial charge in [-0.25, -0.2) is 4.39 Å². The molecule has 3 heteroatoms. The highest BCUT2D eigenvalue weighted by Gasteiger charge is 2.19. The quantitative estimate of drug-likeness (QED) is 0.899. The van der Waals surface area contributed by atoms with Crippen LogP contribution in [0.4, 0.5) is 4.39 Å². The summed E-state index contributed by atoms with van der Waals surface area (Å²) in [5, 5.41) is 3.28. The molecular formula is C18H22FNO. The number of rotatable bonds is 5. The summed E-state index contributed by atoms with van der Waals surface area (Å²) in [5.74, 6) is 0.685. The van der Waals surface area contributed by atoms with Crippen LogP contribution in [0.5, 0.6) is 5.75 Å². The van der Waals surface area contributed by atoms with Gasteiger partial charge in [-0.2, -0.15) is 0 Å². The molecule has 1 unspecified atom stereocenters. The Morgan fingerprint density at radius 3 is 2.52 bits per heavy atom. The van der Waals surface area contributed by atoms with Crippen LogP contribution in [0, 0.1) is 19.7 Å². The average molecular weight is 287 g/mol. The average Bonchev–Trinajstić information content (AvgIpc) is 2.46. The van der Waals surface area contributed by atoms with Crippen molar-refractivity contribution in [2.75, 3.05) is 14.2 Å². The largest absolute Gasteiger partial charge is 0.496 e. The highest BCUT2D eigenvalue weighted by Crippen LogP contribution is 2.32. The zero-order chi connectivity index (χ0) is 15.4. The van der Waals surface area contributed by atoms with E-state index in [-0.39, 0.29) is 11.9 Å². The smallest absolute Gasteiger partial charge is 0.126 e. The second-order valence-corrected chi connectivity index (χ2v) is 5.33. The summed E-state index contributed by atoms with van der Waals surface area (Å²) < 4.78 is 19.4. The lowest BCUT2D eigenvalue weighted by atomic mass is 9.93. The lowest BCUT2D eigenvalue weighted by Crippen LogP contribution is -2.21. The van der Waals surface area contributed by atoms with E-state index in [1.807, 2.05) is 32.2 Å². The Morgan fingerprint density at radius 2 is 1.90 bits per heavy atom. The van der Waals surface area contributed by atoms with Gasteiger partial charge in [0.05, 0.1) is 7.11 Å². The van der Waals surface area contributed by atoms with Crippen LogP contribution < -0.4 is 10.1 Å². The van der Waals surface area contributed by atoms with Crippen LogP contribution in [0.25, 0.3) is 0 Å². The Labute approximate surface area is 126 Å². The maximum atomic E-state index is 13.9. The molecule has 1 atom stereocenters. The van der Waals surface area contributed by atoms with E-state index in [1.54, 1.807) is 13.2 Å². The van der Waals surface area contributed by atoms with Crippen LogP contribution in [-0.4, -0.2) is 14.2 Å². The van der Waals surface area contributed by atoms with Crippen molar-refractivity contribution in [3.8, 4) is 5.75 Å². The van der Waals surface area contributed by atoms with E-state index in [2.05, 4.69) is 18.3 Å². The van der Waals surface area contributed by atoms with E-state index < -0.39 is 0 Å². The van der Waals surface area contributed by atoms with Crippen molar-refractivity contribution in [3.05, 3.63) is 64.5 Å². The monoisotopic (exact) mass is 287 g/mol. The van der Waals surface area contributed by atoms with E-state index in [1.165, 1.54) is 6.07 Å². The highest BCUT2D eigenvalue weighted by atomic mass is 19.1. The second-order valence-electron chi connectivity index (χ2n) is 5.33. The van der Waals surface area contributed by atoms with Crippen LogP contribution in [-0.2, 0) is 6.42 Å². The molecule has 112 valence electrons. The van der Waals surface area contributed by atoms with Crippen LogP contribution in [0.3, 0.4) is 0 Å². The van der Waals surface area contributed by atoms with E-state index in [0.717, 1.165) is 22.4 Å². The third-order valence-corrected chi connectivity index (χ3v) is 3.79. The van der Waals surface area contributed by atoms with E-state index >= 15 is 0 Å². The molecule has 2 aromatic carbocycles. The summed E-state index contributed by atoms with van der Waals surface area (Å²) >= 11 is 0. The predicted octanol–water partition coefficient (Wildman–Crippen LogP) is 3.95. The van der Waals surface area contributed by atoms with Crippen LogP contribution in [0.1, 0.15) is 28.3 Å². The van der Waals surface area contributed by atoms with Crippen molar-refractivity contribution in [1.82, 2.24) is 5.32 Å². The Morgan fingerprint density at radius 1 is 1.19 bits per heavy atom. The third kappa shape index (κ3) is 3.42. The maximum absolute atomic E-state index is 13.9. The Kier molecular flexibility index (Phi) is 4.97. The van der Waals surface area contributed by atoms with Gasteiger partial charge in [0.1, 0.15) is 11.6 Å². The van der Waals surface area contributed by atoms with E-state index in [4.69, 9.17) is 4.74 Å². The topological polar surface area (TPSA) is 21.3 Å². The van der Waals surface area contributed by atoms with E-state index in [0.29, 0.717) is 12.0 Å². The molecule has 2 aromatic rings. The van der Waals surface area contributed by atoms with E-state index in [9.17, 15) is 4.39 Å². The fourth-order valence-electron chi connectivity index (χ4n) is 2.79. The molecule has 0 aliphatic carbocycles. The van der Waals surface area contributed by atoms with Gasteiger partial charge >= 0.3 is 0 Å². The fraction of sp³-hybridized carbons (Fsp3) is 0.333. The van der Waals surface area contributed by atoms with Crippen molar-refractivity contribution in [3.63, 3.8) is 0 Å². The van der Waals surface area contributed by atoms with Crippen molar-refractivity contribution < 1.29 is 9.13 Å². The zero-order valence-corrected chi connectivity index (χ0v) is 13.0. The van der Waals surface area contributed by atoms with Gasteiger partial charge in [0.25, 0.3) is 0 Å². The number of hydrogen-bond donors (Lipinski definition) is 1. The van der Waals surface area contributed by atoms with Crippen molar-refractivity contribution >= 4 is 0 Å². The number of aryl methyl sites for hydroxylation is 2. The molecule has 0 saturated heterocycles. The first-order valence-electron chi connectivity index (χ1n) is 7.12. The molecule has 0 heterocycles. The zero-order valence-electron chi connectivity index (χ0n) is 13.0. The summed E-state index contributed by atoms with van der Waals surface area (Å²) in [6.07, 6.45) is 0.587. The first-order valence-corrected chi connectivity index (χ1v) is 7.12. The van der Waals surface area contributed by atoms with Gasteiger partial charge < -0.3 is 10.1 Å². The highest BCUT2D eigenvalue weighted by molar-refractivity contribution is 5.45. The Balaban J connectivity index is 2.40. The minimum absolute atomic E-state index is 0.0115. The summed E-state index contributed by atoms with van der Waals surface area (Å²) in [7, 11) is 3.57. The molecule has 0 aromatic heterocycles. The van der Waals surface area contributed by atoms with Gasteiger partial charge in [0.15, 0.2) is 0 Å². The maximum Gasteiger partial charge on any atom is 0.126 e.